The Kier molecular flexibility index (Phi) is 4.97. The van der Waals surface area contributed by atoms with Gasteiger partial charge in [-0.25, -0.2) is 0 Å². The number of hydrogen-bond acceptors (Lipinski definition) is 2. The van der Waals surface area contributed by atoms with Crippen molar-refractivity contribution in [1.82, 2.24) is 10.2 Å². The molecule has 0 spiro atoms. The summed E-state index contributed by atoms with van der Waals surface area (Å²) in [5.74, 6) is 0.304. The highest BCUT2D eigenvalue weighted by Crippen LogP contribution is 2.29. The first-order valence-electron chi connectivity index (χ1n) is 7.20. The van der Waals surface area contributed by atoms with Gasteiger partial charge in [0.15, 0.2) is 0 Å². The van der Waals surface area contributed by atoms with E-state index in [-0.39, 0.29) is 0 Å². The Bertz CT molecular complexity index is 409. The summed E-state index contributed by atoms with van der Waals surface area (Å²) in [6, 6.07) is 8.98. The number of nitrogens with zero attached hydrogens (tertiary/aromatic N) is 1. The molecule has 104 valence electrons. The van der Waals surface area contributed by atoms with Crippen LogP contribution in [0.15, 0.2) is 24.3 Å². The summed E-state index contributed by atoms with van der Waals surface area (Å²) in [5.41, 5.74) is 2.50. The van der Waals surface area contributed by atoms with Crippen molar-refractivity contribution >= 4 is 5.91 Å². The summed E-state index contributed by atoms with van der Waals surface area (Å²) in [6.07, 6.45) is 3.92. The Morgan fingerprint density at radius 2 is 2.00 bits per heavy atom. The van der Waals surface area contributed by atoms with E-state index in [0.29, 0.717) is 18.4 Å². The van der Waals surface area contributed by atoms with E-state index in [9.17, 15) is 4.79 Å². The van der Waals surface area contributed by atoms with Crippen LogP contribution < -0.4 is 5.32 Å². The minimum absolute atomic E-state index is 0.304. The van der Waals surface area contributed by atoms with E-state index < -0.39 is 0 Å². The fourth-order valence-electron chi connectivity index (χ4n) is 2.26. The molecule has 1 fully saturated rings. The molecule has 0 aliphatic heterocycles. The Hall–Kier alpha value is -1.35. The van der Waals surface area contributed by atoms with Crippen molar-refractivity contribution in [3.63, 3.8) is 0 Å². The summed E-state index contributed by atoms with van der Waals surface area (Å²) in [5, 5.41) is 3.09. The van der Waals surface area contributed by atoms with Crippen molar-refractivity contribution in [1.29, 1.82) is 0 Å². The van der Waals surface area contributed by atoms with Gasteiger partial charge in [0.25, 0.3) is 0 Å². The summed E-state index contributed by atoms with van der Waals surface area (Å²) >= 11 is 0. The van der Waals surface area contributed by atoms with Crippen LogP contribution in [0.25, 0.3) is 0 Å². The van der Waals surface area contributed by atoms with Gasteiger partial charge in [-0.2, -0.15) is 0 Å². The maximum absolute atomic E-state index is 12.3. The molecule has 1 saturated carbocycles. The number of hydrogen-bond donors (Lipinski definition) is 1. The third kappa shape index (κ3) is 4.35. The summed E-state index contributed by atoms with van der Waals surface area (Å²) in [6.45, 7) is 3.77. The Labute approximate surface area is 116 Å². The quantitative estimate of drug-likeness (QED) is 0.764. The van der Waals surface area contributed by atoms with E-state index >= 15 is 0 Å². The van der Waals surface area contributed by atoms with Gasteiger partial charge >= 0.3 is 0 Å². The highest BCUT2D eigenvalue weighted by Gasteiger charge is 2.31. The van der Waals surface area contributed by atoms with Crippen molar-refractivity contribution in [3.05, 3.63) is 35.4 Å². The third-order valence-electron chi connectivity index (χ3n) is 3.60. The van der Waals surface area contributed by atoms with E-state index in [2.05, 4.69) is 41.4 Å². The topological polar surface area (TPSA) is 32.3 Å². The zero-order valence-corrected chi connectivity index (χ0v) is 12.0. The van der Waals surface area contributed by atoms with E-state index in [1.807, 2.05) is 7.05 Å². The average molecular weight is 260 g/mol. The van der Waals surface area contributed by atoms with Crippen LogP contribution in [0.1, 0.15) is 36.8 Å². The van der Waals surface area contributed by atoms with Gasteiger partial charge in [-0.1, -0.05) is 29.8 Å². The van der Waals surface area contributed by atoms with Gasteiger partial charge < -0.3 is 10.2 Å². The molecule has 2 rings (SSSR count). The summed E-state index contributed by atoms with van der Waals surface area (Å²) in [7, 11) is 1.93. The van der Waals surface area contributed by atoms with E-state index in [1.54, 1.807) is 0 Å². The van der Waals surface area contributed by atoms with E-state index in [4.69, 9.17) is 0 Å². The molecule has 1 aromatic carbocycles. The fraction of sp³-hybridized carbons (Fsp3) is 0.562. The van der Waals surface area contributed by atoms with Crippen molar-refractivity contribution in [2.75, 3.05) is 13.6 Å². The zero-order valence-electron chi connectivity index (χ0n) is 12.0. The molecular formula is C16H24N2O. The molecular weight excluding hydrogens is 236 g/mol. The minimum atomic E-state index is 0.304. The smallest absolute Gasteiger partial charge is 0.223 e. The van der Waals surface area contributed by atoms with Crippen molar-refractivity contribution in [3.8, 4) is 0 Å². The lowest BCUT2D eigenvalue weighted by atomic mass is 10.1. The van der Waals surface area contributed by atoms with Gasteiger partial charge in [-0.05, 0) is 45.3 Å². The SMILES string of the molecule is CNCCCC(=O)N(Cc1ccc(C)cc1)C1CC1. The molecule has 1 aromatic rings. The van der Waals surface area contributed by atoms with Crippen LogP contribution in [0.3, 0.4) is 0 Å². The largest absolute Gasteiger partial charge is 0.335 e. The lowest BCUT2D eigenvalue weighted by Gasteiger charge is -2.22. The Balaban J connectivity index is 1.92. The molecule has 3 heteroatoms. The molecule has 1 aliphatic carbocycles. The standard InChI is InChI=1S/C16H24N2O/c1-13-5-7-14(8-6-13)12-18(15-9-10-15)16(19)4-3-11-17-2/h5-8,15,17H,3-4,9-12H2,1-2H3. The number of nitrogens with one attached hydrogen (secondary N) is 1. The van der Waals surface area contributed by atoms with Gasteiger partial charge in [0, 0.05) is 19.0 Å². The molecule has 0 radical (unpaired) electrons. The monoisotopic (exact) mass is 260 g/mol. The highest BCUT2D eigenvalue weighted by molar-refractivity contribution is 5.76. The molecule has 0 bridgehead atoms. The normalized spacial score (nSPS) is 14.4. The highest BCUT2D eigenvalue weighted by atomic mass is 16.2. The number of carbonyl (C=O) groups excluding carboxylic acids is 1. The van der Waals surface area contributed by atoms with Crippen LogP contribution in [0, 0.1) is 6.92 Å². The molecule has 0 saturated heterocycles. The number of benzene rings is 1. The lowest BCUT2D eigenvalue weighted by Crippen LogP contribution is -2.32. The molecule has 0 heterocycles. The molecule has 0 aromatic heterocycles. The first-order chi connectivity index (χ1) is 9.20. The summed E-state index contributed by atoms with van der Waals surface area (Å²) in [4.78, 5) is 14.3. The van der Waals surface area contributed by atoms with Gasteiger partial charge in [0.1, 0.15) is 0 Å². The number of amides is 1. The van der Waals surface area contributed by atoms with Gasteiger partial charge in [-0.15, -0.1) is 0 Å². The molecule has 1 aliphatic rings. The maximum Gasteiger partial charge on any atom is 0.223 e. The van der Waals surface area contributed by atoms with Crippen LogP contribution >= 0.6 is 0 Å². The zero-order chi connectivity index (χ0) is 13.7. The second-order valence-corrected chi connectivity index (χ2v) is 5.45. The van der Waals surface area contributed by atoms with Crippen LogP contribution in [-0.2, 0) is 11.3 Å². The van der Waals surface area contributed by atoms with Gasteiger partial charge in [0.2, 0.25) is 5.91 Å². The molecule has 1 N–H and O–H groups in total. The van der Waals surface area contributed by atoms with Crippen LogP contribution in [0.4, 0.5) is 0 Å². The first kappa shape index (κ1) is 14.1. The Morgan fingerprint density at radius 1 is 1.32 bits per heavy atom. The maximum atomic E-state index is 12.3. The number of carbonyl (C=O) groups is 1. The van der Waals surface area contributed by atoms with Gasteiger partial charge in [-0.3, -0.25) is 4.79 Å². The fourth-order valence-corrected chi connectivity index (χ4v) is 2.26. The lowest BCUT2D eigenvalue weighted by molar-refractivity contribution is -0.132. The molecule has 0 unspecified atom stereocenters. The van der Waals surface area contributed by atoms with E-state index in [1.165, 1.54) is 24.0 Å². The molecule has 1 amide bonds. The minimum Gasteiger partial charge on any atom is -0.335 e. The predicted molar refractivity (Wildman–Crippen MR) is 77.9 cm³/mol. The average Bonchev–Trinajstić information content (AvgIpc) is 3.22. The molecule has 19 heavy (non-hydrogen) atoms. The summed E-state index contributed by atoms with van der Waals surface area (Å²) < 4.78 is 0. The predicted octanol–water partition coefficient (Wildman–Crippen LogP) is 2.49. The van der Waals surface area contributed by atoms with Crippen molar-refractivity contribution in [2.45, 2.75) is 45.2 Å². The van der Waals surface area contributed by atoms with Gasteiger partial charge in [0.05, 0.1) is 0 Å². The number of aryl methyl sites for hydroxylation is 1. The van der Waals surface area contributed by atoms with E-state index in [0.717, 1.165) is 19.5 Å². The van der Waals surface area contributed by atoms with Crippen molar-refractivity contribution < 1.29 is 4.79 Å². The second-order valence-electron chi connectivity index (χ2n) is 5.45. The molecule has 0 atom stereocenters. The Morgan fingerprint density at radius 3 is 2.58 bits per heavy atom. The first-order valence-corrected chi connectivity index (χ1v) is 7.20. The second kappa shape index (κ2) is 6.71. The van der Waals surface area contributed by atoms with Crippen LogP contribution in [0.2, 0.25) is 0 Å². The van der Waals surface area contributed by atoms with Crippen molar-refractivity contribution in [2.24, 2.45) is 0 Å². The third-order valence-corrected chi connectivity index (χ3v) is 3.60. The van der Waals surface area contributed by atoms with Crippen LogP contribution in [0.5, 0.6) is 0 Å². The number of rotatable bonds is 7. The van der Waals surface area contributed by atoms with Crippen LogP contribution in [-0.4, -0.2) is 30.4 Å². The molecule has 3 nitrogen and oxygen atoms in total.